The molecule has 0 saturated carbocycles. The van der Waals surface area contributed by atoms with Gasteiger partial charge < -0.3 is 9.64 Å². The average molecular weight is 255 g/mol. The minimum absolute atomic E-state index is 0.00426. The summed E-state index contributed by atoms with van der Waals surface area (Å²) >= 11 is 0. The molecule has 1 amide bonds. The number of allylic oxidation sites excluding steroid dienone is 1. The van der Waals surface area contributed by atoms with Crippen molar-refractivity contribution in [3.63, 3.8) is 0 Å². The van der Waals surface area contributed by atoms with Gasteiger partial charge in [-0.05, 0) is 32.6 Å². The van der Waals surface area contributed by atoms with E-state index in [1.807, 2.05) is 13.8 Å². The van der Waals surface area contributed by atoms with Crippen molar-refractivity contribution in [2.45, 2.75) is 40.5 Å². The standard InChI is InChI=1S/C14H25NO3/c1-11(2)7-6-8-18-14(17)10-15(5)13(16)9-12(3)4/h9,11H,6-8,10H2,1-5H3. The third kappa shape index (κ3) is 8.79. The second-order valence-electron chi connectivity index (χ2n) is 5.17. The molecule has 4 heteroatoms. The van der Waals surface area contributed by atoms with Crippen molar-refractivity contribution in [3.05, 3.63) is 11.6 Å². The van der Waals surface area contributed by atoms with Crippen LogP contribution in [0.1, 0.15) is 40.5 Å². The van der Waals surface area contributed by atoms with Crippen LogP contribution < -0.4 is 0 Å². The molecule has 104 valence electrons. The third-order valence-electron chi connectivity index (χ3n) is 2.34. The lowest BCUT2D eigenvalue weighted by atomic mass is 10.1. The van der Waals surface area contributed by atoms with Crippen molar-refractivity contribution in [3.8, 4) is 0 Å². The van der Waals surface area contributed by atoms with Crippen LogP contribution in [-0.2, 0) is 14.3 Å². The van der Waals surface area contributed by atoms with Crippen LogP contribution in [0.15, 0.2) is 11.6 Å². The van der Waals surface area contributed by atoms with Crippen molar-refractivity contribution >= 4 is 11.9 Å². The zero-order chi connectivity index (χ0) is 14.1. The molecule has 0 aromatic carbocycles. The maximum Gasteiger partial charge on any atom is 0.325 e. The van der Waals surface area contributed by atoms with Crippen molar-refractivity contribution < 1.29 is 14.3 Å². The van der Waals surface area contributed by atoms with E-state index in [0.717, 1.165) is 18.4 Å². The Balaban J connectivity index is 3.87. The van der Waals surface area contributed by atoms with Crippen molar-refractivity contribution in [2.75, 3.05) is 20.2 Å². The van der Waals surface area contributed by atoms with Gasteiger partial charge in [0.05, 0.1) is 6.61 Å². The molecule has 0 atom stereocenters. The predicted molar refractivity (Wildman–Crippen MR) is 72.1 cm³/mol. The number of hydrogen-bond donors (Lipinski definition) is 0. The summed E-state index contributed by atoms with van der Waals surface area (Å²) in [4.78, 5) is 24.4. The third-order valence-corrected chi connectivity index (χ3v) is 2.34. The van der Waals surface area contributed by atoms with E-state index in [-0.39, 0.29) is 18.4 Å². The van der Waals surface area contributed by atoms with E-state index in [9.17, 15) is 9.59 Å². The van der Waals surface area contributed by atoms with Crippen LogP contribution in [0.2, 0.25) is 0 Å². The largest absolute Gasteiger partial charge is 0.464 e. The lowest BCUT2D eigenvalue weighted by Crippen LogP contribution is -2.32. The number of ether oxygens (including phenoxy) is 1. The summed E-state index contributed by atoms with van der Waals surface area (Å²) < 4.78 is 5.06. The van der Waals surface area contributed by atoms with Gasteiger partial charge in [0.15, 0.2) is 0 Å². The molecule has 0 aliphatic heterocycles. The number of likely N-dealkylation sites (N-methyl/N-ethyl adjacent to an activating group) is 1. The zero-order valence-corrected chi connectivity index (χ0v) is 12.2. The fraction of sp³-hybridized carbons (Fsp3) is 0.714. The first-order chi connectivity index (χ1) is 8.32. The van der Waals surface area contributed by atoms with Crippen LogP contribution in [0, 0.1) is 5.92 Å². The Labute approximate surface area is 110 Å². The van der Waals surface area contributed by atoms with E-state index in [4.69, 9.17) is 4.74 Å². The molecular weight excluding hydrogens is 230 g/mol. The Morgan fingerprint density at radius 1 is 1.28 bits per heavy atom. The molecule has 0 rings (SSSR count). The van der Waals surface area contributed by atoms with E-state index < -0.39 is 0 Å². The molecule has 0 radical (unpaired) electrons. The fourth-order valence-electron chi connectivity index (χ4n) is 1.35. The normalized spacial score (nSPS) is 10.1. The molecule has 0 spiro atoms. The lowest BCUT2D eigenvalue weighted by molar-refractivity contribution is -0.147. The van der Waals surface area contributed by atoms with Gasteiger partial charge in [-0.2, -0.15) is 0 Å². The SMILES string of the molecule is CC(C)=CC(=O)N(C)CC(=O)OCCCC(C)C. The van der Waals surface area contributed by atoms with Gasteiger partial charge in [-0.15, -0.1) is 0 Å². The summed E-state index contributed by atoms with van der Waals surface area (Å²) in [6.45, 7) is 8.39. The second-order valence-corrected chi connectivity index (χ2v) is 5.17. The molecule has 0 aliphatic carbocycles. The smallest absolute Gasteiger partial charge is 0.325 e. The van der Waals surface area contributed by atoms with Gasteiger partial charge in [0.25, 0.3) is 0 Å². The minimum Gasteiger partial charge on any atom is -0.464 e. The number of amides is 1. The molecule has 0 unspecified atom stereocenters. The van der Waals surface area contributed by atoms with Gasteiger partial charge in [0, 0.05) is 13.1 Å². The number of hydrogen-bond acceptors (Lipinski definition) is 3. The van der Waals surface area contributed by atoms with Crippen molar-refractivity contribution in [1.29, 1.82) is 0 Å². The van der Waals surface area contributed by atoms with E-state index in [2.05, 4.69) is 13.8 Å². The lowest BCUT2D eigenvalue weighted by Gasteiger charge is -2.14. The van der Waals surface area contributed by atoms with Crippen LogP contribution in [-0.4, -0.2) is 37.0 Å². The number of carbonyl (C=O) groups is 2. The summed E-state index contributed by atoms with van der Waals surface area (Å²) in [5, 5.41) is 0. The fourth-order valence-corrected chi connectivity index (χ4v) is 1.35. The van der Waals surface area contributed by atoms with E-state index >= 15 is 0 Å². The van der Waals surface area contributed by atoms with Crippen LogP contribution in [0.4, 0.5) is 0 Å². The molecule has 0 N–H and O–H groups in total. The molecule has 0 aromatic rings. The van der Waals surface area contributed by atoms with Crippen LogP contribution in [0.25, 0.3) is 0 Å². The molecule has 0 aromatic heterocycles. The number of nitrogens with zero attached hydrogens (tertiary/aromatic N) is 1. The van der Waals surface area contributed by atoms with Gasteiger partial charge in [-0.1, -0.05) is 19.4 Å². The zero-order valence-electron chi connectivity index (χ0n) is 12.2. The number of rotatable bonds is 7. The summed E-state index contributed by atoms with van der Waals surface area (Å²) in [5.41, 5.74) is 0.914. The minimum atomic E-state index is -0.350. The Hall–Kier alpha value is -1.32. The maximum absolute atomic E-state index is 11.5. The van der Waals surface area contributed by atoms with Gasteiger partial charge >= 0.3 is 5.97 Å². The Bertz CT molecular complexity index is 304. The summed E-state index contributed by atoms with van der Waals surface area (Å²) in [6, 6.07) is 0. The molecular formula is C14H25NO3. The molecule has 4 nitrogen and oxygen atoms in total. The van der Waals surface area contributed by atoms with E-state index in [1.54, 1.807) is 7.05 Å². The average Bonchev–Trinajstić information content (AvgIpc) is 2.23. The predicted octanol–water partition coefficient (Wildman–Crippen LogP) is 2.39. The molecule has 0 saturated heterocycles. The Morgan fingerprint density at radius 2 is 1.89 bits per heavy atom. The quantitative estimate of drug-likeness (QED) is 0.398. The Morgan fingerprint density at radius 3 is 2.39 bits per heavy atom. The van der Waals surface area contributed by atoms with E-state index in [1.165, 1.54) is 11.0 Å². The van der Waals surface area contributed by atoms with Crippen LogP contribution >= 0.6 is 0 Å². The highest BCUT2D eigenvalue weighted by atomic mass is 16.5. The summed E-state index contributed by atoms with van der Waals surface area (Å²) in [7, 11) is 1.59. The first-order valence-electron chi connectivity index (χ1n) is 6.38. The van der Waals surface area contributed by atoms with Crippen LogP contribution in [0.5, 0.6) is 0 Å². The molecule has 0 aliphatic rings. The maximum atomic E-state index is 11.5. The highest BCUT2D eigenvalue weighted by Crippen LogP contribution is 2.03. The summed E-state index contributed by atoms with van der Waals surface area (Å²) in [6.07, 6.45) is 3.42. The Kier molecular flexibility index (Phi) is 8.08. The van der Waals surface area contributed by atoms with Crippen molar-refractivity contribution in [1.82, 2.24) is 4.90 Å². The summed E-state index contributed by atoms with van der Waals surface area (Å²) in [5.74, 6) is 0.0940. The highest BCUT2D eigenvalue weighted by molar-refractivity contribution is 5.90. The van der Waals surface area contributed by atoms with Crippen LogP contribution in [0.3, 0.4) is 0 Å². The van der Waals surface area contributed by atoms with Crippen molar-refractivity contribution in [2.24, 2.45) is 5.92 Å². The molecule has 0 bridgehead atoms. The highest BCUT2D eigenvalue weighted by Gasteiger charge is 2.11. The van der Waals surface area contributed by atoms with Gasteiger partial charge in [0.2, 0.25) is 5.91 Å². The molecule has 0 fully saturated rings. The van der Waals surface area contributed by atoms with Gasteiger partial charge in [0.1, 0.15) is 6.54 Å². The molecule has 0 heterocycles. The number of carbonyl (C=O) groups excluding carboxylic acids is 2. The van der Waals surface area contributed by atoms with E-state index in [0.29, 0.717) is 12.5 Å². The molecule has 18 heavy (non-hydrogen) atoms. The van der Waals surface area contributed by atoms with Gasteiger partial charge in [-0.3, -0.25) is 9.59 Å². The monoisotopic (exact) mass is 255 g/mol. The number of esters is 1. The first-order valence-corrected chi connectivity index (χ1v) is 6.38. The second kappa shape index (κ2) is 8.72. The first kappa shape index (κ1) is 16.7. The van der Waals surface area contributed by atoms with Gasteiger partial charge in [-0.25, -0.2) is 0 Å². The topological polar surface area (TPSA) is 46.6 Å².